The van der Waals surface area contributed by atoms with Gasteiger partial charge in [-0.1, -0.05) is 25.4 Å². The highest BCUT2D eigenvalue weighted by molar-refractivity contribution is 7.16. The number of hydrogen-bond acceptors (Lipinski definition) is 2. The Kier molecular flexibility index (Phi) is 5.09. The lowest BCUT2D eigenvalue weighted by Gasteiger charge is -2.17. The molecular formula is C11H17ClN2OS. The molecule has 0 saturated heterocycles. The molecule has 1 aromatic heterocycles. The third-order valence-electron chi connectivity index (χ3n) is 2.03. The van der Waals surface area contributed by atoms with Crippen molar-refractivity contribution in [2.45, 2.75) is 20.4 Å². The van der Waals surface area contributed by atoms with Gasteiger partial charge >= 0.3 is 6.03 Å². The lowest BCUT2D eigenvalue weighted by Crippen LogP contribution is -2.38. The Morgan fingerprint density at radius 1 is 1.56 bits per heavy atom. The van der Waals surface area contributed by atoms with Crippen LogP contribution < -0.4 is 5.32 Å². The number of rotatable bonds is 4. The molecule has 0 fully saturated rings. The van der Waals surface area contributed by atoms with Gasteiger partial charge in [-0.3, -0.25) is 0 Å². The predicted octanol–water partition coefficient (Wildman–Crippen LogP) is 3.20. The quantitative estimate of drug-likeness (QED) is 0.886. The molecule has 0 radical (unpaired) electrons. The van der Waals surface area contributed by atoms with E-state index >= 15 is 0 Å². The van der Waals surface area contributed by atoms with E-state index in [-0.39, 0.29) is 6.03 Å². The average molecular weight is 261 g/mol. The summed E-state index contributed by atoms with van der Waals surface area (Å²) in [6.07, 6.45) is 0. The fraction of sp³-hybridized carbons (Fsp3) is 0.545. The molecule has 1 N–H and O–H groups in total. The summed E-state index contributed by atoms with van der Waals surface area (Å²) in [6.45, 7) is 5.44. The van der Waals surface area contributed by atoms with Crippen LogP contribution in [0.5, 0.6) is 0 Å². The van der Waals surface area contributed by atoms with E-state index in [0.29, 0.717) is 19.0 Å². The molecule has 0 atom stereocenters. The van der Waals surface area contributed by atoms with Crippen LogP contribution in [-0.2, 0) is 6.54 Å². The van der Waals surface area contributed by atoms with Gasteiger partial charge in [0.05, 0.1) is 10.9 Å². The topological polar surface area (TPSA) is 32.3 Å². The Labute approximate surface area is 105 Å². The van der Waals surface area contributed by atoms with E-state index in [2.05, 4.69) is 19.2 Å². The summed E-state index contributed by atoms with van der Waals surface area (Å²) in [6, 6.07) is 3.75. The van der Waals surface area contributed by atoms with E-state index in [1.54, 1.807) is 11.9 Å². The van der Waals surface area contributed by atoms with E-state index in [0.717, 1.165) is 9.21 Å². The molecule has 0 saturated carbocycles. The second-order valence-electron chi connectivity index (χ2n) is 4.14. The van der Waals surface area contributed by atoms with Crippen LogP contribution in [0.1, 0.15) is 18.7 Å². The summed E-state index contributed by atoms with van der Waals surface area (Å²) >= 11 is 7.33. The third-order valence-corrected chi connectivity index (χ3v) is 3.25. The molecule has 1 rings (SSSR count). The fourth-order valence-corrected chi connectivity index (χ4v) is 2.31. The molecule has 5 heteroatoms. The molecule has 90 valence electrons. The van der Waals surface area contributed by atoms with Gasteiger partial charge in [-0.15, -0.1) is 11.3 Å². The van der Waals surface area contributed by atoms with E-state index in [1.165, 1.54) is 11.3 Å². The number of nitrogens with zero attached hydrogens (tertiary/aromatic N) is 1. The maximum absolute atomic E-state index is 11.6. The molecule has 0 unspecified atom stereocenters. The van der Waals surface area contributed by atoms with Crippen molar-refractivity contribution >= 4 is 29.0 Å². The van der Waals surface area contributed by atoms with Crippen molar-refractivity contribution in [1.82, 2.24) is 10.2 Å². The van der Waals surface area contributed by atoms with Crippen molar-refractivity contribution in [2.75, 3.05) is 13.6 Å². The van der Waals surface area contributed by atoms with Crippen molar-refractivity contribution in [3.8, 4) is 0 Å². The van der Waals surface area contributed by atoms with Crippen LogP contribution in [-0.4, -0.2) is 24.5 Å². The van der Waals surface area contributed by atoms with Crippen LogP contribution in [0, 0.1) is 5.92 Å². The Morgan fingerprint density at radius 3 is 2.75 bits per heavy atom. The second-order valence-corrected chi connectivity index (χ2v) is 5.94. The van der Waals surface area contributed by atoms with Crippen LogP contribution in [0.4, 0.5) is 4.79 Å². The molecule has 1 heterocycles. The SMILES string of the molecule is CC(C)CNC(=O)N(C)Cc1ccc(Cl)s1. The molecule has 16 heavy (non-hydrogen) atoms. The smallest absolute Gasteiger partial charge is 0.317 e. The molecule has 0 aliphatic carbocycles. The van der Waals surface area contributed by atoms with Crippen molar-refractivity contribution in [2.24, 2.45) is 5.92 Å². The number of nitrogens with one attached hydrogen (secondary N) is 1. The first kappa shape index (κ1) is 13.3. The summed E-state index contributed by atoms with van der Waals surface area (Å²) in [4.78, 5) is 14.4. The minimum absolute atomic E-state index is 0.0433. The zero-order valence-electron chi connectivity index (χ0n) is 9.79. The number of urea groups is 1. The summed E-state index contributed by atoms with van der Waals surface area (Å²) in [7, 11) is 1.78. The molecule has 3 nitrogen and oxygen atoms in total. The molecule has 0 aliphatic rings. The monoisotopic (exact) mass is 260 g/mol. The fourth-order valence-electron chi connectivity index (χ4n) is 1.17. The lowest BCUT2D eigenvalue weighted by molar-refractivity contribution is 0.206. The molecule has 2 amide bonds. The standard InChI is InChI=1S/C11H17ClN2OS/c1-8(2)6-13-11(15)14(3)7-9-4-5-10(12)16-9/h4-5,8H,6-7H2,1-3H3,(H,13,15). The van der Waals surface area contributed by atoms with Gasteiger partial charge in [-0.2, -0.15) is 0 Å². The highest BCUT2D eigenvalue weighted by atomic mass is 35.5. The maximum Gasteiger partial charge on any atom is 0.317 e. The molecule has 1 aromatic rings. The van der Waals surface area contributed by atoms with Crippen LogP contribution in [0.25, 0.3) is 0 Å². The molecule has 0 bridgehead atoms. The van der Waals surface area contributed by atoms with E-state index in [4.69, 9.17) is 11.6 Å². The zero-order chi connectivity index (χ0) is 12.1. The van der Waals surface area contributed by atoms with Crippen molar-refractivity contribution < 1.29 is 4.79 Å². The van der Waals surface area contributed by atoms with Crippen LogP contribution in [0.3, 0.4) is 0 Å². The van der Waals surface area contributed by atoms with Gasteiger partial charge in [-0.05, 0) is 18.1 Å². The number of thiophene rings is 1. The van der Waals surface area contributed by atoms with Gasteiger partial charge < -0.3 is 10.2 Å². The molecule has 0 aliphatic heterocycles. The largest absolute Gasteiger partial charge is 0.338 e. The second kappa shape index (κ2) is 6.11. The highest BCUT2D eigenvalue weighted by Gasteiger charge is 2.10. The average Bonchev–Trinajstić information content (AvgIpc) is 2.60. The number of amides is 2. The van der Waals surface area contributed by atoms with Crippen LogP contribution in [0.15, 0.2) is 12.1 Å². The number of hydrogen-bond donors (Lipinski definition) is 1. The van der Waals surface area contributed by atoms with Crippen molar-refractivity contribution in [3.63, 3.8) is 0 Å². The summed E-state index contributed by atoms with van der Waals surface area (Å²) in [5, 5.41) is 2.87. The normalized spacial score (nSPS) is 10.6. The Balaban J connectivity index is 2.39. The van der Waals surface area contributed by atoms with Gasteiger partial charge in [-0.25, -0.2) is 4.79 Å². The van der Waals surface area contributed by atoms with Crippen molar-refractivity contribution in [1.29, 1.82) is 0 Å². The Hall–Kier alpha value is -0.740. The number of halogens is 1. The van der Waals surface area contributed by atoms with Crippen LogP contribution >= 0.6 is 22.9 Å². The first-order chi connectivity index (χ1) is 7.49. The molecular weight excluding hydrogens is 244 g/mol. The number of carbonyl (C=O) groups is 1. The highest BCUT2D eigenvalue weighted by Crippen LogP contribution is 2.22. The Bertz CT molecular complexity index is 352. The summed E-state index contributed by atoms with van der Waals surface area (Å²) < 4.78 is 0.756. The summed E-state index contributed by atoms with van der Waals surface area (Å²) in [5.74, 6) is 0.466. The van der Waals surface area contributed by atoms with E-state index < -0.39 is 0 Å². The predicted molar refractivity (Wildman–Crippen MR) is 69.0 cm³/mol. The van der Waals surface area contributed by atoms with Gasteiger partial charge in [0.2, 0.25) is 0 Å². The van der Waals surface area contributed by atoms with E-state index in [1.807, 2.05) is 12.1 Å². The van der Waals surface area contributed by atoms with Crippen molar-refractivity contribution in [3.05, 3.63) is 21.3 Å². The van der Waals surface area contributed by atoms with Gasteiger partial charge in [0, 0.05) is 18.5 Å². The van der Waals surface area contributed by atoms with Gasteiger partial charge in [0.25, 0.3) is 0 Å². The maximum atomic E-state index is 11.6. The van der Waals surface area contributed by atoms with E-state index in [9.17, 15) is 4.79 Å². The van der Waals surface area contributed by atoms with Gasteiger partial charge in [0.15, 0.2) is 0 Å². The number of carbonyl (C=O) groups excluding carboxylic acids is 1. The first-order valence-corrected chi connectivity index (χ1v) is 6.41. The van der Waals surface area contributed by atoms with Crippen LogP contribution in [0.2, 0.25) is 4.34 Å². The molecule has 0 aromatic carbocycles. The summed E-state index contributed by atoms with van der Waals surface area (Å²) in [5.41, 5.74) is 0. The van der Waals surface area contributed by atoms with Gasteiger partial charge in [0.1, 0.15) is 0 Å². The molecule has 0 spiro atoms. The zero-order valence-corrected chi connectivity index (χ0v) is 11.4. The third kappa shape index (κ3) is 4.41. The Morgan fingerprint density at radius 2 is 2.25 bits per heavy atom. The first-order valence-electron chi connectivity index (χ1n) is 5.22. The lowest BCUT2D eigenvalue weighted by atomic mass is 10.2. The minimum atomic E-state index is -0.0433. The minimum Gasteiger partial charge on any atom is -0.338 e.